The summed E-state index contributed by atoms with van der Waals surface area (Å²) in [6.07, 6.45) is 1.51. The number of hydrogen-bond acceptors (Lipinski definition) is 4. The van der Waals surface area contributed by atoms with Gasteiger partial charge in [0.2, 0.25) is 5.76 Å². The first-order chi connectivity index (χ1) is 7.61. The molecule has 0 atom stereocenters. The Hall–Kier alpha value is -1.33. The minimum Gasteiger partial charge on any atom is -0.475 e. The fourth-order valence-electron chi connectivity index (χ4n) is 1.16. The summed E-state index contributed by atoms with van der Waals surface area (Å²) in [5, 5.41) is 8.76. The monoisotopic (exact) mass is 228 g/mol. The quantitative estimate of drug-likeness (QED) is 0.722. The molecule has 0 saturated heterocycles. The van der Waals surface area contributed by atoms with E-state index in [9.17, 15) is 4.79 Å². The highest BCUT2D eigenvalue weighted by atomic mass is 16.5. The Balaban J connectivity index is 2.27. The molecule has 0 aromatic carbocycles. The number of ether oxygens (including phenoxy) is 2. The number of aromatic carboxylic acids is 1. The number of rotatable bonds is 7. The number of furan rings is 1. The topological polar surface area (TPSA) is 68.9 Å². The smallest absolute Gasteiger partial charge is 0.372 e. The largest absolute Gasteiger partial charge is 0.475 e. The molecule has 90 valence electrons. The van der Waals surface area contributed by atoms with Crippen molar-refractivity contribution in [3.63, 3.8) is 0 Å². The van der Waals surface area contributed by atoms with E-state index in [1.165, 1.54) is 6.26 Å². The van der Waals surface area contributed by atoms with Crippen LogP contribution in [0.3, 0.4) is 0 Å². The number of carbonyl (C=O) groups is 1. The van der Waals surface area contributed by atoms with Gasteiger partial charge in [0.1, 0.15) is 0 Å². The summed E-state index contributed by atoms with van der Waals surface area (Å²) in [7, 11) is 0. The molecular weight excluding hydrogens is 212 g/mol. The predicted molar refractivity (Wildman–Crippen MR) is 56.4 cm³/mol. The predicted octanol–water partition coefficient (Wildman–Crippen LogP) is 1.92. The van der Waals surface area contributed by atoms with Crippen molar-refractivity contribution in [1.29, 1.82) is 0 Å². The Labute approximate surface area is 94.0 Å². The molecule has 0 aliphatic carbocycles. The lowest BCUT2D eigenvalue weighted by molar-refractivity contribution is 0.0138. The van der Waals surface area contributed by atoms with Gasteiger partial charge in [0.25, 0.3) is 0 Å². The van der Waals surface area contributed by atoms with Crippen LogP contribution in [0.25, 0.3) is 0 Å². The van der Waals surface area contributed by atoms with Crippen molar-refractivity contribution >= 4 is 5.97 Å². The average Bonchev–Trinajstić information content (AvgIpc) is 2.65. The number of carboxylic acid groups (broad SMARTS) is 1. The number of hydrogen-bond donors (Lipinski definition) is 1. The van der Waals surface area contributed by atoms with Crippen LogP contribution in [0.15, 0.2) is 16.7 Å². The van der Waals surface area contributed by atoms with Gasteiger partial charge in [-0.25, -0.2) is 4.79 Å². The molecule has 5 nitrogen and oxygen atoms in total. The van der Waals surface area contributed by atoms with Crippen LogP contribution < -0.4 is 0 Å². The maximum atomic E-state index is 10.7. The first-order valence-corrected chi connectivity index (χ1v) is 5.10. The molecular formula is C11H16O5. The Morgan fingerprint density at radius 2 is 2.25 bits per heavy atom. The second-order valence-corrected chi connectivity index (χ2v) is 3.55. The lowest BCUT2D eigenvalue weighted by Crippen LogP contribution is -2.10. The molecule has 1 rings (SSSR count). The van der Waals surface area contributed by atoms with E-state index in [2.05, 4.69) is 0 Å². The molecule has 0 aliphatic heterocycles. The molecule has 1 aromatic heterocycles. The Morgan fingerprint density at radius 3 is 2.88 bits per heavy atom. The van der Waals surface area contributed by atoms with Crippen LogP contribution in [0.2, 0.25) is 0 Å². The van der Waals surface area contributed by atoms with E-state index in [0.29, 0.717) is 18.8 Å². The second kappa shape index (κ2) is 6.30. The molecule has 16 heavy (non-hydrogen) atoms. The van der Waals surface area contributed by atoms with Crippen molar-refractivity contribution in [2.24, 2.45) is 0 Å². The zero-order valence-electron chi connectivity index (χ0n) is 9.43. The highest BCUT2D eigenvalue weighted by Gasteiger charge is 2.13. The van der Waals surface area contributed by atoms with Crippen LogP contribution in [0.4, 0.5) is 0 Å². The summed E-state index contributed by atoms with van der Waals surface area (Å²) in [6, 6.07) is 1.59. The summed E-state index contributed by atoms with van der Waals surface area (Å²) in [5.41, 5.74) is 0.539. The molecule has 0 saturated carbocycles. The zero-order chi connectivity index (χ0) is 12.0. The van der Waals surface area contributed by atoms with Gasteiger partial charge in [-0.3, -0.25) is 0 Å². The van der Waals surface area contributed by atoms with Crippen molar-refractivity contribution in [3.8, 4) is 0 Å². The summed E-state index contributed by atoms with van der Waals surface area (Å²) in [5.74, 6) is -1.15. The molecule has 1 heterocycles. The van der Waals surface area contributed by atoms with E-state index in [1.807, 2.05) is 13.8 Å². The van der Waals surface area contributed by atoms with E-state index in [-0.39, 0.29) is 18.5 Å². The molecule has 0 radical (unpaired) electrons. The third-order valence-corrected chi connectivity index (χ3v) is 1.88. The average molecular weight is 228 g/mol. The lowest BCUT2D eigenvalue weighted by Gasteiger charge is -2.07. The van der Waals surface area contributed by atoms with E-state index >= 15 is 0 Å². The molecule has 1 aromatic rings. The SMILES string of the molecule is CC(C)OCCOCc1ccoc1C(=O)O. The van der Waals surface area contributed by atoms with E-state index in [4.69, 9.17) is 19.0 Å². The maximum absolute atomic E-state index is 10.7. The molecule has 0 unspecified atom stereocenters. The van der Waals surface area contributed by atoms with Gasteiger partial charge in [0.15, 0.2) is 0 Å². The normalized spacial score (nSPS) is 10.9. The molecule has 0 bridgehead atoms. The molecule has 1 N–H and O–H groups in total. The fraction of sp³-hybridized carbons (Fsp3) is 0.545. The van der Waals surface area contributed by atoms with Crippen molar-refractivity contribution in [1.82, 2.24) is 0 Å². The molecule has 0 spiro atoms. The van der Waals surface area contributed by atoms with Gasteiger partial charge in [-0.1, -0.05) is 0 Å². The van der Waals surface area contributed by atoms with Gasteiger partial charge in [-0.05, 0) is 19.9 Å². The second-order valence-electron chi connectivity index (χ2n) is 3.55. The third kappa shape index (κ3) is 4.04. The Morgan fingerprint density at radius 1 is 1.50 bits per heavy atom. The van der Waals surface area contributed by atoms with Gasteiger partial charge >= 0.3 is 5.97 Å². The van der Waals surface area contributed by atoms with Crippen LogP contribution >= 0.6 is 0 Å². The van der Waals surface area contributed by atoms with Crippen molar-refractivity contribution in [2.75, 3.05) is 13.2 Å². The van der Waals surface area contributed by atoms with Gasteiger partial charge in [-0.2, -0.15) is 0 Å². The van der Waals surface area contributed by atoms with E-state index < -0.39 is 5.97 Å². The van der Waals surface area contributed by atoms with Crippen LogP contribution in [0.5, 0.6) is 0 Å². The van der Waals surface area contributed by atoms with E-state index in [1.54, 1.807) is 6.07 Å². The van der Waals surface area contributed by atoms with E-state index in [0.717, 1.165) is 0 Å². The lowest BCUT2D eigenvalue weighted by atomic mass is 10.2. The third-order valence-electron chi connectivity index (χ3n) is 1.88. The fourth-order valence-corrected chi connectivity index (χ4v) is 1.16. The van der Waals surface area contributed by atoms with Crippen LogP contribution in [-0.4, -0.2) is 30.4 Å². The highest BCUT2D eigenvalue weighted by molar-refractivity contribution is 5.85. The number of carboxylic acids is 1. The molecule has 0 fully saturated rings. The van der Waals surface area contributed by atoms with Gasteiger partial charge in [0, 0.05) is 5.56 Å². The highest BCUT2D eigenvalue weighted by Crippen LogP contribution is 2.11. The van der Waals surface area contributed by atoms with Crippen molar-refractivity contribution in [3.05, 3.63) is 23.7 Å². The first kappa shape index (κ1) is 12.7. The summed E-state index contributed by atoms with van der Waals surface area (Å²) >= 11 is 0. The maximum Gasteiger partial charge on any atom is 0.372 e. The molecule has 0 amide bonds. The minimum atomic E-state index is -1.08. The van der Waals surface area contributed by atoms with Gasteiger partial charge in [0.05, 0.1) is 32.2 Å². The summed E-state index contributed by atoms with van der Waals surface area (Å²) in [4.78, 5) is 10.7. The standard InChI is InChI=1S/C11H16O5/c1-8(2)15-6-5-14-7-9-3-4-16-10(9)11(12)13/h3-4,8H,5-7H2,1-2H3,(H,12,13). The van der Waals surface area contributed by atoms with Crippen molar-refractivity contribution < 1.29 is 23.8 Å². The first-order valence-electron chi connectivity index (χ1n) is 5.10. The summed E-state index contributed by atoms with van der Waals surface area (Å²) < 4.78 is 15.4. The molecule has 0 aliphatic rings. The van der Waals surface area contributed by atoms with Crippen LogP contribution in [0, 0.1) is 0 Å². The molecule has 5 heteroatoms. The Bertz CT molecular complexity index is 329. The Kier molecular flexibility index (Phi) is 5.01. The summed E-state index contributed by atoms with van der Waals surface area (Å²) in [6.45, 7) is 5.04. The van der Waals surface area contributed by atoms with Gasteiger partial charge in [-0.15, -0.1) is 0 Å². The minimum absolute atomic E-state index is 0.0650. The zero-order valence-corrected chi connectivity index (χ0v) is 9.43. The van der Waals surface area contributed by atoms with Gasteiger partial charge < -0.3 is 19.0 Å². The van der Waals surface area contributed by atoms with Crippen LogP contribution in [-0.2, 0) is 16.1 Å². The van der Waals surface area contributed by atoms with Crippen LogP contribution in [0.1, 0.15) is 30.0 Å². The van der Waals surface area contributed by atoms with Crippen molar-refractivity contribution in [2.45, 2.75) is 26.6 Å².